The predicted molar refractivity (Wildman–Crippen MR) is 182 cm³/mol. The number of rotatable bonds is 14. The summed E-state index contributed by atoms with van der Waals surface area (Å²) in [6.07, 6.45) is 0.728. The molecule has 4 heteroatoms. The van der Waals surface area contributed by atoms with Gasteiger partial charge in [-0.3, -0.25) is 4.79 Å². The van der Waals surface area contributed by atoms with Gasteiger partial charge < -0.3 is 14.9 Å². The molecule has 224 valence electrons. The van der Waals surface area contributed by atoms with Crippen molar-refractivity contribution in [2.24, 2.45) is 5.92 Å². The summed E-state index contributed by atoms with van der Waals surface area (Å²) in [6, 6.07) is 48.8. The van der Waals surface area contributed by atoms with Gasteiger partial charge in [0.05, 0.1) is 17.3 Å². The molecule has 0 amide bonds. The van der Waals surface area contributed by atoms with Gasteiger partial charge in [0.25, 0.3) is 0 Å². The second kappa shape index (κ2) is 15.1. The molecule has 0 aliphatic rings. The van der Waals surface area contributed by atoms with Crippen LogP contribution in [0.1, 0.15) is 54.0 Å². The molecule has 4 nitrogen and oxygen atoms in total. The van der Waals surface area contributed by atoms with E-state index in [9.17, 15) is 9.90 Å². The first-order valence-corrected chi connectivity index (χ1v) is 15.5. The van der Waals surface area contributed by atoms with Crippen molar-refractivity contribution in [1.29, 1.82) is 0 Å². The maximum Gasteiger partial charge on any atom is 0.306 e. The number of benzene rings is 5. The molecule has 0 aliphatic carbocycles. The van der Waals surface area contributed by atoms with Gasteiger partial charge in [0, 0.05) is 26.2 Å². The molecule has 0 fully saturated rings. The topological polar surface area (TPSA) is 43.8 Å². The Balaban J connectivity index is 1.72. The van der Waals surface area contributed by atoms with Crippen molar-refractivity contribution in [2.45, 2.75) is 52.4 Å². The second-order valence-corrected chi connectivity index (χ2v) is 11.5. The van der Waals surface area contributed by atoms with E-state index in [-0.39, 0.29) is 5.92 Å². The summed E-state index contributed by atoms with van der Waals surface area (Å²) in [7, 11) is 0. The van der Waals surface area contributed by atoms with E-state index in [0.717, 1.165) is 36.4 Å². The minimum atomic E-state index is -0.767. The van der Waals surface area contributed by atoms with Crippen LogP contribution in [0.15, 0.2) is 140 Å². The average molecular weight is 583 g/mol. The Bertz CT molecular complexity index is 1510. The van der Waals surface area contributed by atoms with Crippen LogP contribution in [0.25, 0.3) is 0 Å². The van der Waals surface area contributed by atoms with Gasteiger partial charge in [0.15, 0.2) is 0 Å². The molecule has 5 rings (SSSR count). The number of hydrogen-bond acceptors (Lipinski definition) is 3. The molecule has 0 aromatic heterocycles. The Kier molecular flexibility index (Phi) is 10.5. The van der Waals surface area contributed by atoms with E-state index in [4.69, 9.17) is 0 Å². The summed E-state index contributed by atoms with van der Waals surface area (Å²) in [5, 5.41) is 10.2. The van der Waals surface area contributed by atoms with Crippen molar-refractivity contribution < 1.29 is 9.90 Å². The lowest BCUT2D eigenvalue weighted by Crippen LogP contribution is -2.30. The van der Waals surface area contributed by atoms with Gasteiger partial charge >= 0.3 is 5.97 Å². The number of carboxylic acids is 1. The van der Waals surface area contributed by atoms with Crippen LogP contribution in [-0.2, 0) is 31.0 Å². The summed E-state index contributed by atoms with van der Waals surface area (Å²) in [6.45, 7) is 6.79. The largest absolute Gasteiger partial charge is 0.481 e. The summed E-state index contributed by atoms with van der Waals surface area (Å²) in [5.74, 6) is -1.44. The highest BCUT2D eigenvalue weighted by molar-refractivity contribution is 5.78. The van der Waals surface area contributed by atoms with Crippen LogP contribution in [0, 0.1) is 5.92 Å². The monoisotopic (exact) mass is 582 g/mol. The molecule has 2 atom stereocenters. The van der Waals surface area contributed by atoms with E-state index in [1.54, 1.807) is 0 Å². The van der Waals surface area contributed by atoms with Gasteiger partial charge in [0.2, 0.25) is 0 Å². The Morgan fingerprint density at radius 3 is 1.32 bits per heavy atom. The van der Waals surface area contributed by atoms with E-state index >= 15 is 0 Å². The van der Waals surface area contributed by atoms with Crippen molar-refractivity contribution >= 4 is 17.3 Å². The lowest BCUT2D eigenvalue weighted by Gasteiger charge is -2.37. The molecule has 44 heavy (non-hydrogen) atoms. The van der Waals surface area contributed by atoms with Crippen molar-refractivity contribution in [3.63, 3.8) is 0 Å². The highest BCUT2D eigenvalue weighted by Gasteiger charge is 2.30. The number of hydrogen-bond donors (Lipinski definition) is 1. The van der Waals surface area contributed by atoms with Gasteiger partial charge in [-0.1, -0.05) is 147 Å². The quantitative estimate of drug-likeness (QED) is 0.142. The van der Waals surface area contributed by atoms with Gasteiger partial charge in [-0.25, -0.2) is 0 Å². The molecule has 0 saturated heterocycles. The predicted octanol–water partition coefficient (Wildman–Crippen LogP) is 9.31. The summed E-state index contributed by atoms with van der Waals surface area (Å²) >= 11 is 0. The minimum absolute atomic E-state index is 0.146. The number of aliphatic carboxylic acids is 1. The Morgan fingerprint density at radius 1 is 0.568 bits per heavy atom. The van der Waals surface area contributed by atoms with Gasteiger partial charge in [0.1, 0.15) is 0 Å². The van der Waals surface area contributed by atoms with Crippen LogP contribution in [0.2, 0.25) is 0 Å². The number of carboxylic acid groups (broad SMARTS) is 1. The third-order valence-corrected chi connectivity index (χ3v) is 8.40. The summed E-state index contributed by atoms with van der Waals surface area (Å²) < 4.78 is 0. The lowest BCUT2D eigenvalue weighted by molar-refractivity contribution is -0.141. The van der Waals surface area contributed by atoms with E-state index < -0.39 is 11.9 Å². The van der Waals surface area contributed by atoms with Gasteiger partial charge in [-0.05, 0) is 46.2 Å². The fourth-order valence-corrected chi connectivity index (χ4v) is 6.12. The average Bonchev–Trinajstić information content (AvgIpc) is 3.06. The molecule has 0 spiro atoms. The second-order valence-electron chi connectivity index (χ2n) is 11.5. The van der Waals surface area contributed by atoms with Gasteiger partial charge in [-0.2, -0.15) is 0 Å². The highest BCUT2D eigenvalue weighted by Crippen LogP contribution is 2.43. The number of nitrogens with zero attached hydrogens (tertiary/aromatic N) is 2. The van der Waals surface area contributed by atoms with Crippen LogP contribution in [0.3, 0.4) is 0 Å². The number of para-hydroxylation sites is 1. The maximum atomic E-state index is 12.4. The molecular weight excluding hydrogens is 540 g/mol. The van der Waals surface area contributed by atoms with E-state index in [0.29, 0.717) is 13.1 Å². The molecule has 0 aliphatic heterocycles. The molecule has 0 radical (unpaired) electrons. The first kappa shape index (κ1) is 30.6. The highest BCUT2D eigenvalue weighted by atomic mass is 16.4. The molecule has 5 aromatic rings. The van der Waals surface area contributed by atoms with Crippen LogP contribution >= 0.6 is 0 Å². The maximum absolute atomic E-state index is 12.4. The van der Waals surface area contributed by atoms with Crippen LogP contribution < -0.4 is 9.80 Å². The smallest absolute Gasteiger partial charge is 0.306 e. The van der Waals surface area contributed by atoms with Crippen molar-refractivity contribution in [3.05, 3.63) is 167 Å². The fraction of sp³-hybridized carbons (Fsp3) is 0.225. The summed E-state index contributed by atoms with van der Waals surface area (Å²) in [4.78, 5) is 17.3. The van der Waals surface area contributed by atoms with Crippen LogP contribution in [0.4, 0.5) is 11.4 Å². The van der Waals surface area contributed by atoms with Crippen LogP contribution in [0.5, 0.6) is 0 Å². The molecule has 0 heterocycles. The lowest BCUT2D eigenvalue weighted by atomic mass is 9.83. The zero-order valence-electron chi connectivity index (χ0n) is 25.7. The third kappa shape index (κ3) is 7.76. The Hall–Kier alpha value is -4.83. The van der Waals surface area contributed by atoms with Crippen LogP contribution in [-0.4, -0.2) is 11.1 Å². The van der Waals surface area contributed by atoms with E-state index in [1.165, 1.54) is 22.3 Å². The molecule has 5 aromatic carbocycles. The standard InChI is InChI=1S/C40H42N2O2/c1-3-36(31(2)40(43)44)37-25-16-26-38(41(27-32-17-8-4-9-18-32)28-33-19-10-5-11-20-33)39(37)42(29-34-21-12-6-13-22-34)30-35-23-14-7-15-24-35/h4-26,31,36H,3,27-30H2,1-2H3,(H,43,44). The normalized spacial score (nSPS) is 12.3. The zero-order chi connectivity index (χ0) is 30.7. The Morgan fingerprint density at radius 2 is 0.955 bits per heavy atom. The molecule has 0 saturated carbocycles. The molecule has 1 N–H and O–H groups in total. The molecule has 0 bridgehead atoms. The first-order chi connectivity index (χ1) is 21.5. The van der Waals surface area contributed by atoms with Crippen molar-refractivity contribution in [1.82, 2.24) is 0 Å². The third-order valence-electron chi connectivity index (χ3n) is 8.40. The summed E-state index contributed by atoms with van der Waals surface area (Å²) in [5.41, 5.74) is 8.16. The Labute approximate surface area is 262 Å². The fourth-order valence-electron chi connectivity index (χ4n) is 6.12. The van der Waals surface area contributed by atoms with Crippen molar-refractivity contribution in [3.8, 4) is 0 Å². The SMILES string of the molecule is CCC(c1cccc(N(Cc2ccccc2)Cc2ccccc2)c1N(Cc1ccccc1)Cc1ccccc1)C(C)C(=O)O. The van der Waals surface area contributed by atoms with Gasteiger partial charge in [-0.15, -0.1) is 0 Å². The first-order valence-electron chi connectivity index (χ1n) is 15.5. The zero-order valence-corrected chi connectivity index (χ0v) is 25.7. The van der Waals surface area contributed by atoms with E-state index in [2.05, 4.69) is 144 Å². The van der Waals surface area contributed by atoms with Crippen molar-refractivity contribution in [2.75, 3.05) is 9.80 Å². The number of anilines is 2. The number of carbonyl (C=O) groups is 1. The van der Waals surface area contributed by atoms with E-state index in [1.807, 2.05) is 19.1 Å². The minimum Gasteiger partial charge on any atom is -0.481 e. The molecule has 2 unspecified atom stereocenters. The molecular formula is C40H42N2O2.